The normalized spacial score (nSPS) is 10.9. The fourth-order valence-electron chi connectivity index (χ4n) is 2.31. The summed E-state index contributed by atoms with van der Waals surface area (Å²) >= 11 is 0. The van der Waals surface area contributed by atoms with E-state index in [4.69, 9.17) is 0 Å². The minimum Gasteiger partial charge on any atom is -0.367 e. The summed E-state index contributed by atoms with van der Waals surface area (Å²) in [5.74, 6) is 0.818. The summed E-state index contributed by atoms with van der Waals surface area (Å²) in [7, 11) is 0. The van der Waals surface area contributed by atoms with Crippen molar-refractivity contribution in [2.45, 2.75) is 20.0 Å². The molecule has 4 heteroatoms. The van der Waals surface area contributed by atoms with E-state index in [1.807, 2.05) is 18.2 Å². The van der Waals surface area contributed by atoms with E-state index in [9.17, 15) is 4.39 Å². The number of anilines is 1. The topological polar surface area (TPSA) is 29.9 Å². The Morgan fingerprint density at radius 1 is 1.10 bits per heavy atom. The van der Waals surface area contributed by atoms with Crippen LogP contribution in [-0.4, -0.2) is 9.55 Å². The van der Waals surface area contributed by atoms with Crippen LogP contribution in [0.3, 0.4) is 0 Å². The monoisotopic (exact) mass is 269 g/mol. The van der Waals surface area contributed by atoms with Crippen LogP contribution in [0.2, 0.25) is 0 Å². The Morgan fingerprint density at radius 3 is 2.60 bits per heavy atom. The van der Waals surface area contributed by atoms with Gasteiger partial charge in [0, 0.05) is 12.1 Å². The largest absolute Gasteiger partial charge is 0.367 e. The van der Waals surface area contributed by atoms with Gasteiger partial charge in [0.25, 0.3) is 0 Å². The lowest BCUT2D eigenvalue weighted by molar-refractivity contribution is 0.628. The van der Waals surface area contributed by atoms with E-state index in [0.717, 1.165) is 29.0 Å². The Balaban J connectivity index is 1.88. The van der Waals surface area contributed by atoms with Crippen molar-refractivity contribution in [1.29, 1.82) is 0 Å². The molecule has 0 saturated carbocycles. The summed E-state index contributed by atoms with van der Waals surface area (Å²) in [6, 6.07) is 14.5. The molecule has 0 spiro atoms. The first-order valence-electron chi connectivity index (χ1n) is 6.71. The third-order valence-electron chi connectivity index (χ3n) is 3.34. The molecular formula is C16H16FN3. The second kappa shape index (κ2) is 5.33. The molecule has 0 saturated heterocycles. The first-order chi connectivity index (χ1) is 9.78. The predicted octanol–water partition coefficient (Wildman–Crippen LogP) is 3.81. The van der Waals surface area contributed by atoms with Crippen LogP contribution in [0.4, 0.5) is 10.1 Å². The summed E-state index contributed by atoms with van der Waals surface area (Å²) in [6.45, 7) is 2.71. The minimum atomic E-state index is -0.224. The number of halogens is 1. The fraction of sp³-hybridized carbons (Fsp3) is 0.188. The van der Waals surface area contributed by atoms with E-state index in [1.165, 1.54) is 12.1 Å². The molecule has 102 valence electrons. The molecule has 0 radical (unpaired) electrons. The number of nitrogens with one attached hydrogen (secondary N) is 1. The van der Waals surface area contributed by atoms with Crippen LogP contribution >= 0.6 is 0 Å². The number of para-hydroxylation sites is 2. The van der Waals surface area contributed by atoms with Gasteiger partial charge in [0.05, 0.1) is 17.7 Å². The molecule has 1 heterocycles. The molecule has 1 N–H and O–H groups in total. The number of hydrogen-bond donors (Lipinski definition) is 1. The molecule has 0 amide bonds. The molecule has 3 nitrogen and oxygen atoms in total. The Kier molecular flexibility index (Phi) is 3.37. The average Bonchev–Trinajstić information content (AvgIpc) is 2.84. The van der Waals surface area contributed by atoms with Crippen molar-refractivity contribution < 1.29 is 4.39 Å². The van der Waals surface area contributed by atoms with Crippen LogP contribution in [0, 0.1) is 5.82 Å². The lowest BCUT2D eigenvalue weighted by atomic mass is 10.3. The number of aryl methyl sites for hydroxylation is 1. The van der Waals surface area contributed by atoms with Gasteiger partial charge in [-0.3, -0.25) is 0 Å². The molecule has 0 bridgehead atoms. The van der Waals surface area contributed by atoms with Crippen LogP contribution in [0.1, 0.15) is 12.7 Å². The van der Waals surface area contributed by atoms with E-state index in [1.54, 1.807) is 12.1 Å². The van der Waals surface area contributed by atoms with Crippen molar-refractivity contribution in [3.05, 3.63) is 60.2 Å². The molecular weight excluding hydrogens is 253 g/mol. The van der Waals surface area contributed by atoms with Gasteiger partial charge in [-0.05, 0) is 36.4 Å². The highest BCUT2D eigenvalue weighted by Crippen LogP contribution is 2.17. The molecule has 0 aliphatic rings. The zero-order valence-corrected chi connectivity index (χ0v) is 11.3. The summed E-state index contributed by atoms with van der Waals surface area (Å²) in [5, 5.41) is 3.30. The molecule has 1 aromatic heterocycles. The number of fused-ring (bicyclic) bond motifs is 1. The van der Waals surface area contributed by atoms with Crippen molar-refractivity contribution in [1.82, 2.24) is 9.55 Å². The number of aromatic nitrogens is 2. The van der Waals surface area contributed by atoms with E-state index < -0.39 is 0 Å². The number of benzene rings is 2. The highest BCUT2D eigenvalue weighted by Gasteiger charge is 2.08. The van der Waals surface area contributed by atoms with Crippen molar-refractivity contribution in [3.63, 3.8) is 0 Å². The summed E-state index contributed by atoms with van der Waals surface area (Å²) in [6.07, 6.45) is 0.875. The second-order valence-corrected chi connectivity index (χ2v) is 4.64. The van der Waals surface area contributed by atoms with Gasteiger partial charge >= 0.3 is 0 Å². The Morgan fingerprint density at radius 2 is 1.85 bits per heavy atom. The van der Waals surface area contributed by atoms with E-state index >= 15 is 0 Å². The van der Waals surface area contributed by atoms with Crippen LogP contribution in [0.5, 0.6) is 0 Å². The van der Waals surface area contributed by atoms with Crippen molar-refractivity contribution >= 4 is 16.7 Å². The zero-order valence-electron chi connectivity index (χ0n) is 11.3. The molecule has 0 aliphatic carbocycles. The summed E-state index contributed by atoms with van der Waals surface area (Å²) < 4.78 is 15.0. The first-order valence-corrected chi connectivity index (χ1v) is 6.71. The highest BCUT2D eigenvalue weighted by molar-refractivity contribution is 5.76. The molecule has 20 heavy (non-hydrogen) atoms. The number of rotatable bonds is 4. The molecule has 0 unspecified atom stereocenters. The first kappa shape index (κ1) is 12.7. The van der Waals surface area contributed by atoms with Gasteiger partial charge in [0.1, 0.15) is 11.6 Å². The van der Waals surface area contributed by atoms with Gasteiger partial charge in [-0.1, -0.05) is 19.1 Å². The number of imidazole rings is 1. The lowest BCUT2D eigenvalue weighted by Crippen LogP contribution is -2.10. The van der Waals surface area contributed by atoms with Crippen LogP contribution in [0.25, 0.3) is 11.0 Å². The van der Waals surface area contributed by atoms with E-state index in [0.29, 0.717) is 6.67 Å². The Hall–Kier alpha value is -2.36. The number of hydrogen-bond acceptors (Lipinski definition) is 2. The average molecular weight is 269 g/mol. The lowest BCUT2D eigenvalue weighted by Gasteiger charge is -2.11. The molecule has 0 aliphatic heterocycles. The maximum absolute atomic E-state index is 12.9. The zero-order chi connectivity index (χ0) is 13.9. The quantitative estimate of drug-likeness (QED) is 0.780. The Bertz CT molecular complexity index is 716. The number of nitrogens with zero attached hydrogens (tertiary/aromatic N) is 2. The van der Waals surface area contributed by atoms with Gasteiger partial charge in [0.2, 0.25) is 0 Å². The maximum Gasteiger partial charge on any atom is 0.123 e. The standard InChI is InChI=1S/C16H16FN3/c1-2-16-19-14-5-3-4-6-15(14)20(16)11-18-13-9-7-12(17)8-10-13/h3-10,18H,2,11H2,1H3. The van der Waals surface area contributed by atoms with Crippen molar-refractivity contribution in [2.24, 2.45) is 0 Å². The molecule has 2 aromatic carbocycles. The fourth-order valence-corrected chi connectivity index (χ4v) is 2.31. The molecule has 0 atom stereocenters. The predicted molar refractivity (Wildman–Crippen MR) is 79.1 cm³/mol. The van der Waals surface area contributed by atoms with Gasteiger partial charge in [-0.15, -0.1) is 0 Å². The van der Waals surface area contributed by atoms with E-state index in [2.05, 4.69) is 27.9 Å². The van der Waals surface area contributed by atoms with Gasteiger partial charge in [-0.25, -0.2) is 9.37 Å². The van der Waals surface area contributed by atoms with Crippen molar-refractivity contribution in [2.75, 3.05) is 5.32 Å². The van der Waals surface area contributed by atoms with Crippen molar-refractivity contribution in [3.8, 4) is 0 Å². The molecule has 3 aromatic rings. The molecule has 3 rings (SSSR count). The van der Waals surface area contributed by atoms with Gasteiger partial charge in [0.15, 0.2) is 0 Å². The van der Waals surface area contributed by atoms with Crippen LogP contribution in [0.15, 0.2) is 48.5 Å². The maximum atomic E-state index is 12.9. The summed E-state index contributed by atoms with van der Waals surface area (Å²) in [4.78, 5) is 4.62. The van der Waals surface area contributed by atoms with Crippen LogP contribution < -0.4 is 5.32 Å². The smallest absolute Gasteiger partial charge is 0.123 e. The SMILES string of the molecule is CCc1nc2ccccc2n1CNc1ccc(F)cc1. The highest BCUT2D eigenvalue weighted by atomic mass is 19.1. The van der Waals surface area contributed by atoms with E-state index in [-0.39, 0.29) is 5.82 Å². The van der Waals surface area contributed by atoms with Gasteiger partial charge in [-0.2, -0.15) is 0 Å². The third kappa shape index (κ3) is 2.37. The summed E-state index contributed by atoms with van der Waals surface area (Å²) in [5.41, 5.74) is 3.01. The van der Waals surface area contributed by atoms with Gasteiger partial charge < -0.3 is 9.88 Å². The minimum absolute atomic E-state index is 0.224. The second-order valence-electron chi connectivity index (χ2n) is 4.64. The third-order valence-corrected chi connectivity index (χ3v) is 3.34. The molecule has 0 fully saturated rings. The van der Waals surface area contributed by atoms with Crippen LogP contribution in [-0.2, 0) is 13.1 Å². The Labute approximate surface area is 117 Å².